The molecule has 0 atom stereocenters. The van der Waals surface area contributed by atoms with Crippen LogP contribution in [0.15, 0.2) is 33.0 Å². The molecule has 0 aliphatic rings. The number of hydrogen-bond acceptors (Lipinski definition) is 9. The van der Waals surface area contributed by atoms with Gasteiger partial charge in [0.15, 0.2) is 16.7 Å². The van der Waals surface area contributed by atoms with E-state index in [1.807, 2.05) is 6.07 Å². The Morgan fingerprint density at radius 1 is 1.10 bits per heavy atom. The monoisotopic (exact) mass is 300 g/mol. The van der Waals surface area contributed by atoms with Crippen LogP contribution in [-0.2, 0) is 0 Å². The van der Waals surface area contributed by atoms with Crippen molar-refractivity contribution < 1.29 is 4.63 Å². The van der Waals surface area contributed by atoms with E-state index in [0.29, 0.717) is 32.9 Å². The van der Waals surface area contributed by atoms with Gasteiger partial charge in [-0.2, -0.15) is 4.98 Å². The lowest BCUT2D eigenvalue weighted by Gasteiger charge is -2.03. The second-order valence-corrected chi connectivity index (χ2v) is 5.24. The van der Waals surface area contributed by atoms with E-state index in [2.05, 4.69) is 30.2 Å². The largest absolute Gasteiger partial charge is 0.397 e. The first-order chi connectivity index (χ1) is 10.2. The minimum atomic E-state index is 0.155. The number of fused-ring (bicyclic) bond motifs is 2. The molecule has 0 radical (unpaired) electrons. The molecule has 21 heavy (non-hydrogen) atoms. The number of hydrogen-bond donors (Lipinski definition) is 3. The van der Waals surface area contributed by atoms with Gasteiger partial charge in [-0.3, -0.25) is 0 Å². The van der Waals surface area contributed by atoms with Gasteiger partial charge in [-0.15, -0.1) is 0 Å². The summed E-state index contributed by atoms with van der Waals surface area (Å²) in [6.45, 7) is 0. The fraction of sp³-hybridized carbons (Fsp3) is 0. The lowest BCUT2D eigenvalue weighted by atomic mass is 10.3. The molecule has 4 aromatic rings. The van der Waals surface area contributed by atoms with Crippen molar-refractivity contribution in [2.75, 3.05) is 11.5 Å². The Balaban J connectivity index is 1.88. The second kappa shape index (κ2) is 4.31. The van der Waals surface area contributed by atoms with E-state index in [-0.39, 0.29) is 5.95 Å². The van der Waals surface area contributed by atoms with Crippen molar-refractivity contribution in [2.24, 2.45) is 0 Å². The summed E-state index contributed by atoms with van der Waals surface area (Å²) in [7, 11) is 0. The van der Waals surface area contributed by atoms with Gasteiger partial charge in [0, 0.05) is 4.90 Å². The number of aromatic nitrogens is 6. The summed E-state index contributed by atoms with van der Waals surface area (Å²) < 4.78 is 4.75. The number of nitrogens with zero attached hydrogens (tertiary/aromatic N) is 5. The quantitative estimate of drug-likeness (QED) is 0.367. The van der Waals surface area contributed by atoms with Crippen molar-refractivity contribution >= 4 is 45.6 Å². The van der Waals surface area contributed by atoms with Crippen molar-refractivity contribution in [3.05, 3.63) is 18.5 Å². The van der Waals surface area contributed by atoms with Crippen LogP contribution in [0.3, 0.4) is 0 Å². The normalized spacial score (nSPS) is 11.4. The molecule has 0 unspecified atom stereocenters. The van der Waals surface area contributed by atoms with Gasteiger partial charge < -0.3 is 16.5 Å². The zero-order valence-electron chi connectivity index (χ0n) is 10.4. The summed E-state index contributed by atoms with van der Waals surface area (Å²) in [5, 5.41) is 8.31. The van der Waals surface area contributed by atoms with Crippen LogP contribution in [-0.4, -0.2) is 30.2 Å². The molecule has 0 aliphatic carbocycles. The number of benzene rings is 1. The number of H-pyrrole nitrogens is 1. The van der Waals surface area contributed by atoms with E-state index in [1.165, 1.54) is 11.8 Å². The minimum absolute atomic E-state index is 0.155. The highest BCUT2D eigenvalue weighted by Gasteiger charge is 2.15. The highest BCUT2D eigenvalue weighted by molar-refractivity contribution is 7.99. The molecule has 0 amide bonds. The number of nitrogens with two attached hydrogens (primary N) is 2. The minimum Gasteiger partial charge on any atom is -0.397 e. The van der Waals surface area contributed by atoms with E-state index in [0.717, 1.165) is 4.90 Å². The average Bonchev–Trinajstić information content (AvgIpc) is 3.10. The molecule has 0 bridgehead atoms. The lowest BCUT2D eigenvalue weighted by molar-refractivity contribution is 0.315. The predicted molar refractivity (Wildman–Crippen MR) is 76.4 cm³/mol. The van der Waals surface area contributed by atoms with Gasteiger partial charge in [0.05, 0.1) is 12.0 Å². The highest BCUT2D eigenvalue weighted by atomic mass is 32.2. The van der Waals surface area contributed by atoms with Gasteiger partial charge in [0.1, 0.15) is 10.5 Å². The van der Waals surface area contributed by atoms with Gasteiger partial charge in [0.25, 0.3) is 0 Å². The van der Waals surface area contributed by atoms with Gasteiger partial charge in [-0.05, 0) is 22.4 Å². The van der Waals surface area contributed by atoms with Crippen molar-refractivity contribution in [1.82, 2.24) is 30.2 Å². The molecule has 0 aliphatic heterocycles. The summed E-state index contributed by atoms with van der Waals surface area (Å²) in [5.41, 5.74) is 14.3. The van der Waals surface area contributed by atoms with Crippen LogP contribution in [0.25, 0.3) is 22.2 Å². The molecular formula is C11H8N8OS. The Morgan fingerprint density at radius 3 is 2.86 bits per heavy atom. The zero-order chi connectivity index (χ0) is 14.4. The standard InChI is InChI=1S/C11H8N8OS/c12-4-1-2-5(7-6(4)18-20-19-7)21-10-8-9(15-3-14-8)16-11(13)17-10/h1-3H,12H2,(H3,13,14,15,16,17). The van der Waals surface area contributed by atoms with Crippen LogP contribution < -0.4 is 11.5 Å². The molecule has 10 heteroatoms. The predicted octanol–water partition coefficient (Wildman–Crippen LogP) is 1.20. The summed E-state index contributed by atoms with van der Waals surface area (Å²) in [6, 6.07) is 3.57. The molecule has 3 heterocycles. The third kappa shape index (κ3) is 1.84. The molecule has 0 spiro atoms. The second-order valence-electron chi connectivity index (χ2n) is 4.20. The Morgan fingerprint density at radius 2 is 1.95 bits per heavy atom. The van der Waals surface area contributed by atoms with Crippen LogP contribution in [0.5, 0.6) is 0 Å². The Hall–Kier alpha value is -2.88. The maximum atomic E-state index is 5.83. The fourth-order valence-corrected chi connectivity index (χ4v) is 2.91. The lowest BCUT2D eigenvalue weighted by Crippen LogP contribution is -1.97. The molecule has 9 nitrogen and oxygen atoms in total. The maximum absolute atomic E-state index is 5.83. The maximum Gasteiger partial charge on any atom is 0.223 e. The van der Waals surface area contributed by atoms with E-state index < -0.39 is 0 Å². The molecule has 104 valence electrons. The van der Waals surface area contributed by atoms with Crippen LogP contribution >= 0.6 is 11.8 Å². The van der Waals surface area contributed by atoms with Gasteiger partial charge in [-0.1, -0.05) is 11.8 Å². The topological polar surface area (TPSA) is 145 Å². The van der Waals surface area contributed by atoms with E-state index in [9.17, 15) is 0 Å². The average molecular weight is 300 g/mol. The Labute approximate surface area is 121 Å². The Kier molecular flexibility index (Phi) is 2.44. The highest BCUT2D eigenvalue weighted by Crippen LogP contribution is 2.35. The van der Waals surface area contributed by atoms with Gasteiger partial charge >= 0.3 is 0 Å². The molecule has 0 fully saturated rings. The molecule has 0 saturated carbocycles. The summed E-state index contributed by atoms with van der Waals surface area (Å²) in [4.78, 5) is 16.2. The molecule has 5 N–H and O–H groups in total. The third-order valence-electron chi connectivity index (χ3n) is 2.89. The number of imidazole rings is 1. The third-order valence-corrected chi connectivity index (χ3v) is 3.92. The number of anilines is 2. The summed E-state index contributed by atoms with van der Waals surface area (Å²) in [5.74, 6) is 0.155. The molecule has 4 rings (SSSR count). The van der Waals surface area contributed by atoms with Gasteiger partial charge in [-0.25, -0.2) is 14.6 Å². The van der Waals surface area contributed by atoms with E-state index in [1.54, 1.807) is 12.4 Å². The first-order valence-electron chi connectivity index (χ1n) is 5.87. The molecule has 1 aromatic carbocycles. The first-order valence-corrected chi connectivity index (χ1v) is 6.69. The smallest absolute Gasteiger partial charge is 0.223 e. The molecular weight excluding hydrogens is 292 g/mol. The van der Waals surface area contributed by atoms with Crippen LogP contribution in [0, 0.1) is 0 Å². The first kappa shape index (κ1) is 11.9. The van der Waals surface area contributed by atoms with Crippen LogP contribution in [0.2, 0.25) is 0 Å². The summed E-state index contributed by atoms with van der Waals surface area (Å²) in [6.07, 6.45) is 1.54. The molecule has 3 aromatic heterocycles. The van der Waals surface area contributed by atoms with Crippen molar-refractivity contribution in [1.29, 1.82) is 0 Å². The van der Waals surface area contributed by atoms with Crippen molar-refractivity contribution in [2.45, 2.75) is 9.92 Å². The van der Waals surface area contributed by atoms with Crippen molar-refractivity contribution in [3.8, 4) is 0 Å². The van der Waals surface area contributed by atoms with Crippen LogP contribution in [0.4, 0.5) is 11.6 Å². The van der Waals surface area contributed by atoms with Crippen molar-refractivity contribution in [3.63, 3.8) is 0 Å². The summed E-state index contributed by atoms with van der Waals surface area (Å²) >= 11 is 1.36. The molecule has 0 saturated heterocycles. The number of aromatic amines is 1. The zero-order valence-corrected chi connectivity index (χ0v) is 11.3. The van der Waals surface area contributed by atoms with E-state index >= 15 is 0 Å². The number of rotatable bonds is 2. The van der Waals surface area contributed by atoms with Crippen LogP contribution in [0.1, 0.15) is 0 Å². The fourth-order valence-electron chi connectivity index (χ4n) is 1.95. The SMILES string of the molecule is Nc1nc(Sc2ccc(N)c3nonc23)c2[nH]cnc2n1. The van der Waals surface area contributed by atoms with E-state index in [4.69, 9.17) is 16.1 Å². The number of nitrogens with one attached hydrogen (secondary N) is 1. The number of nitrogen functional groups attached to an aromatic ring is 2. The van der Waals surface area contributed by atoms with Gasteiger partial charge in [0.2, 0.25) is 5.95 Å². The Bertz CT molecular complexity index is 961.